The van der Waals surface area contributed by atoms with E-state index in [0.717, 1.165) is 12.8 Å². The highest BCUT2D eigenvalue weighted by atomic mass is 14.6. The van der Waals surface area contributed by atoms with Gasteiger partial charge in [0, 0.05) is 12.8 Å². The van der Waals surface area contributed by atoms with Gasteiger partial charge in [0.15, 0.2) is 0 Å². The Labute approximate surface area is 49.8 Å². The van der Waals surface area contributed by atoms with Gasteiger partial charge in [0.1, 0.15) is 0 Å². The number of hydrogen-bond acceptors (Lipinski definition) is 0. The number of hydrogen-bond donors (Lipinski definition) is 0. The van der Waals surface area contributed by atoms with E-state index >= 15 is 0 Å². The van der Waals surface area contributed by atoms with E-state index in [2.05, 4.69) is 9.69 Å². The molecule has 2 heteroatoms. The summed E-state index contributed by atoms with van der Waals surface area (Å²) in [6, 6.07) is 0. The Bertz CT molecular complexity index is 99.5. The largest absolute Gasteiger partial charge is 0.317 e. The molecule has 2 nitrogen and oxygen atoms in total. The molecule has 8 heavy (non-hydrogen) atoms. The summed E-state index contributed by atoms with van der Waals surface area (Å²) in [7, 11) is 0. The van der Waals surface area contributed by atoms with E-state index in [0.29, 0.717) is 13.1 Å². The van der Waals surface area contributed by atoms with Crippen molar-refractivity contribution in [2.45, 2.75) is 12.8 Å². The van der Waals surface area contributed by atoms with E-state index in [1.54, 1.807) is 0 Å². The minimum Gasteiger partial charge on any atom is -0.317 e. The molecule has 0 saturated heterocycles. The summed E-state index contributed by atoms with van der Waals surface area (Å²) >= 11 is 0. The summed E-state index contributed by atoms with van der Waals surface area (Å²) in [5.41, 5.74) is 0. The Balaban J connectivity index is 2.77. The first kappa shape index (κ1) is 6.98. The molecule has 0 unspecified atom stereocenters. The first-order valence-electron chi connectivity index (χ1n) is 2.58. The van der Waals surface area contributed by atoms with Crippen LogP contribution in [-0.2, 0) is 0 Å². The van der Waals surface area contributed by atoms with Crippen LogP contribution in [0.25, 0.3) is 9.69 Å². The number of rotatable bonds is 3. The maximum Gasteiger partial charge on any atom is 0.215 e. The van der Waals surface area contributed by atoms with Crippen LogP contribution in [-0.4, -0.2) is 13.1 Å². The van der Waals surface area contributed by atoms with E-state index in [-0.39, 0.29) is 0 Å². The lowest BCUT2D eigenvalue weighted by atomic mass is 10.3. The van der Waals surface area contributed by atoms with E-state index in [1.165, 1.54) is 0 Å². The Morgan fingerprint density at radius 2 is 1.25 bits per heavy atom. The van der Waals surface area contributed by atoms with Crippen molar-refractivity contribution in [2.75, 3.05) is 13.1 Å². The third-order valence-electron chi connectivity index (χ3n) is 0.790. The average Bonchev–Trinajstić information content (AvgIpc) is 1.81. The van der Waals surface area contributed by atoms with Crippen molar-refractivity contribution in [1.29, 1.82) is 0 Å². The van der Waals surface area contributed by atoms with Crippen molar-refractivity contribution in [3.8, 4) is 0 Å². The molecule has 0 aromatic rings. The zero-order valence-electron chi connectivity index (χ0n) is 4.72. The molecule has 0 bridgehead atoms. The summed E-state index contributed by atoms with van der Waals surface area (Å²) in [5.74, 6) is 0. The average molecular weight is 108 g/mol. The first-order valence-corrected chi connectivity index (χ1v) is 2.58. The molecule has 0 amide bonds. The molecule has 0 aromatic carbocycles. The molecule has 0 aliphatic carbocycles. The SMILES string of the molecule is [C-]#[N+]CCCC[N+]#[C-]. The lowest BCUT2D eigenvalue weighted by molar-refractivity contribution is 0.836. The van der Waals surface area contributed by atoms with Gasteiger partial charge in [-0.25, -0.2) is 13.1 Å². The molecular formula is C6H8N2. The van der Waals surface area contributed by atoms with Crippen molar-refractivity contribution in [3.05, 3.63) is 22.8 Å². The Morgan fingerprint density at radius 1 is 0.875 bits per heavy atom. The van der Waals surface area contributed by atoms with Crippen LogP contribution in [0.1, 0.15) is 12.8 Å². The molecule has 0 aromatic heterocycles. The van der Waals surface area contributed by atoms with Crippen LogP contribution in [0, 0.1) is 13.1 Å². The molecular weight excluding hydrogens is 100 g/mol. The van der Waals surface area contributed by atoms with Crippen LogP contribution in [0.4, 0.5) is 0 Å². The zero-order chi connectivity index (χ0) is 6.24. The van der Waals surface area contributed by atoms with Gasteiger partial charge in [0.25, 0.3) is 0 Å². The van der Waals surface area contributed by atoms with Gasteiger partial charge < -0.3 is 9.69 Å². The highest BCUT2D eigenvalue weighted by molar-refractivity contribution is 4.63. The van der Waals surface area contributed by atoms with Gasteiger partial charge in [-0.2, -0.15) is 0 Å². The second-order valence-electron chi connectivity index (χ2n) is 1.47. The van der Waals surface area contributed by atoms with Crippen molar-refractivity contribution in [1.82, 2.24) is 0 Å². The zero-order valence-corrected chi connectivity index (χ0v) is 4.72. The normalized spacial score (nSPS) is 7.25. The Kier molecular flexibility index (Phi) is 5.22. The van der Waals surface area contributed by atoms with Gasteiger partial charge >= 0.3 is 0 Å². The smallest absolute Gasteiger partial charge is 0.215 e. The second-order valence-corrected chi connectivity index (χ2v) is 1.47. The third-order valence-corrected chi connectivity index (χ3v) is 0.790. The lowest BCUT2D eigenvalue weighted by Crippen LogP contribution is -1.79. The van der Waals surface area contributed by atoms with Crippen molar-refractivity contribution in [3.63, 3.8) is 0 Å². The summed E-state index contributed by atoms with van der Waals surface area (Å²) in [5, 5.41) is 0. The fourth-order valence-electron chi connectivity index (χ4n) is 0.382. The van der Waals surface area contributed by atoms with E-state index in [4.69, 9.17) is 13.1 Å². The van der Waals surface area contributed by atoms with Crippen molar-refractivity contribution in [2.24, 2.45) is 0 Å². The van der Waals surface area contributed by atoms with Gasteiger partial charge in [-0.1, -0.05) is 0 Å². The molecule has 0 radical (unpaired) electrons. The van der Waals surface area contributed by atoms with E-state index < -0.39 is 0 Å². The number of nitrogens with zero attached hydrogens (tertiary/aromatic N) is 2. The first-order chi connectivity index (χ1) is 3.91. The minimum absolute atomic E-state index is 0.579. The molecule has 0 aliphatic heterocycles. The van der Waals surface area contributed by atoms with Crippen molar-refractivity contribution >= 4 is 0 Å². The van der Waals surface area contributed by atoms with Gasteiger partial charge in [0.2, 0.25) is 13.1 Å². The summed E-state index contributed by atoms with van der Waals surface area (Å²) in [4.78, 5) is 6.31. The third kappa shape index (κ3) is 4.98. The van der Waals surface area contributed by atoms with Crippen LogP contribution < -0.4 is 0 Å². The molecule has 0 atom stereocenters. The van der Waals surface area contributed by atoms with Crippen LogP contribution in [0.5, 0.6) is 0 Å². The molecule has 42 valence electrons. The monoisotopic (exact) mass is 108 g/mol. The molecule has 0 heterocycles. The molecule has 0 rings (SSSR count). The highest BCUT2D eigenvalue weighted by Crippen LogP contribution is 1.88. The van der Waals surface area contributed by atoms with E-state index in [1.807, 2.05) is 0 Å². The molecule has 0 spiro atoms. The van der Waals surface area contributed by atoms with Gasteiger partial charge in [-0.3, -0.25) is 0 Å². The fourth-order valence-corrected chi connectivity index (χ4v) is 0.382. The van der Waals surface area contributed by atoms with Crippen LogP contribution >= 0.6 is 0 Å². The second kappa shape index (κ2) is 5.98. The fraction of sp³-hybridized carbons (Fsp3) is 0.667. The highest BCUT2D eigenvalue weighted by Gasteiger charge is 1.88. The standard InChI is InChI=1S/C6H8N2/c1-7-5-3-4-6-8-2/h3-6H2. The van der Waals surface area contributed by atoms with Crippen LogP contribution in [0.2, 0.25) is 0 Å². The maximum absolute atomic E-state index is 6.39. The predicted molar refractivity (Wildman–Crippen MR) is 32.2 cm³/mol. The van der Waals surface area contributed by atoms with Gasteiger partial charge in [-0.15, -0.1) is 0 Å². The summed E-state index contributed by atoms with van der Waals surface area (Å²) in [6.45, 7) is 13.9. The minimum atomic E-state index is 0.579. The van der Waals surface area contributed by atoms with Gasteiger partial charge in [-0.05, 0) is 0 Å². The van der Waals surface area contributed by atoms with Gasteiger partial charge in [0.05, 0.1) is 0 Å². The topological polar surface area (TPSA) is 8.72 Å². The van der Waals surface area contributed by atoms with Crippen molar-refractivity contribution < 1.29 is 0 Å². The van der Waals surface area contributed by atoms with Crippen LogP contribution in [0.3, 0.4) is 0 Å². The van der Waals surface area contributed by atoms with Crippen LogP contribution in [0.15, 0.2) is 0 Å². The molecule has 0 N–H and O–H groups in total. The molecule has 0 saturated carbocycles. The Morgan fingerprint density at radius 3 is 1.50 bits per heavy atom. The summed E-state index contributed by atoms with van der Waals surface area (Å²) in [6.07, 6.45) is 1.76. The summed E-state index contributed by atoms with van der Waals surface area (Å²) < 4.78 is 0. The predicted octanol–water partition coefficient (Wildman–Crippen LogP) is 1.61. The molecule has 0 aliphatic rings. The maximum atomic E-state index is 6.39. The number of unbranched alkanes of at least 4 members (excludes halogenated alkanes) is 1. The molecule has 0 fully saturated rings. The van der Waals surface area contributed by atoms with E-state index in [9.17, 15) is 0 Å². The lowest BCUT2D eigenvalue weighted by Gasteiger charge is -1.79. The quantitative estimate of drug-likeness (QED) is 0.383. The Hall–Kier alpha value is -1.02.